The van der Waals surface area contributed by atoms with E-state index < -0.39 is 0 Å². The summed E-state index contributed by atoms with van der Waals surface area (Å²) < 4.78 is 13.0. The zero-order valence-electron chi connectivity index (χ0n) is 16.1. The molecule has 3 aliphatic rings. The van der Waals surface area contributed by atoms with Crippen molar-refractivity contribution in [3.05, 3.63) is 35.6 Å². The van der Waals surface area contributed by atoms with Gasteiger partial charge < -0.3 is 11.1 Å². The van der Waals surface area contributed by atoms with Crippen LogP contribution in [0.15, 0.2) is 24.3 Å². The molecule has 1 aromatic carbocycles. The van der Waals surface area contributed by atoms with Crippen LogP contribution in [-0.2, 0) is 11.3 Å². The predicted molar refractivity (Wildman–Crippen MR) is 104 cm³/mol. The molecular weight excluding hydrogens is 341 g/mol. The standard InChI is InChI=1S/C22H32FN3O/c23-19-6-4-15(5-7-19)14-26-10-8-20(9-11-26)25-22(27)18-12-16-2-1-3-17(13-18)21(16)24/h4-7,16-18,20-21H,1-3,8-14,24H2,(H,25,27). The number of rotatable bonds is 4. The molecule has 0 radical (unpaired) electrons. The quantitative estimate of drug-likeness (QED) is 0.853. The molecule has 4 nitrogen and oxygen atoms in total. The number of nitrogens with zero attached hydrogens (tertiary/aromatic N) is 1. The second kappa shape index (κ2) is 8.27. The highest BCUT2D eigenvalue weighted by Crippen LogP contribution is 2.42. The summed E-state index contributed by atoms with van der Waals surface area (Å²) in [5.41, 5.74) is 7.50. The van der Waals surface area contributed by atoms with Crippen LogP contribution in [0, 0.1) is 23.6 Å². The van der Waals surface area contributed by atoms with Crippen molar-refractivity contribution in [3.8, 4) is 0 Å². The number of benzene rings is 1. The highest BCUT2D eigenvalue weighted by molar-refractivity contribution is 5.79. The summed E-state index contributed by atoms with van der Waals surface area (Å²) in [5, 5.41) is 3.33. The smallest absolute Gasteiger partial charge is 0.223 e. The minimum Gasteiger partial charge on any atom is -0.353 e. The van der Waals surface area contributed by atoms with E-state index in [1.54, 1.807) is 0 Å². The molecule has 148 valence electrons. The Bertz CT molecular complexity index is 627. The van der Waals surface area contributed by atoms with Crippen LogP contribution in [0.25, 0.3) is 0 Å². The number of nitrogens with two attached hydrogens (primary N) is 1. The number of carbonyl (C=O) groups is 1. The Morgan fingerprint density at radius 3 is 2.33 bits per heavy atom. The Balaban J connectivity index is 1.23. The summed E-state index contributed by atoms with van der Waals surface area (Å²) in [6, 6.07) is 7.36. The average molecular weight is 374 g/mol. The molecule has 2 unspecified atom stereocenters. The summed E-state index contributed by atoms with van der Waals surface area (Å²) >= 11 is 0. The van der Waals surface area contributed by atoms with Gasteiger partial charge in [-0.05, 0) is 68.1 Å². The third-order valence-electron chi connectivity index (χ3n) is 7.04. The molecule has 0 aromatic heterocycles. The van der Waals surface area contributed by atoms with Gasteiger partial charge in [0.05, 0.1) is 0 Å². The SMILES string of the molecule is NC1C2CCCC1CC(C(=O)NC1CCN(Cc3ccc(F)cc3)CC1)C2. The van der Waals surface area contributed by atoms with Crippen molar-refractivity contribution in [1.29, 1.82) is 0 Å². The van der Waals surface area contributed by atoms with E-state index in [4.69, 9.17) is 5.73 Å². The Labute approximate surface area is 161 Å². The lowest BCUT2D eigenvalue weighted by Crippen LogP contribution is -2.51. The molecule has 2 saturated carbocycles. The van der Waals surface area contributed by atoms with E-state index >= 15 is 0 Å². The summed E-state index contributed by atoms with van der Waals surface area (Å²) in [4.78, 5) is 15.2. The number of amides is 1. The topological polar surface area (TPSA) is 58.4 Å². The van der Waals surface area contributed by atoms with E-state index in [-0.39, 0.29) is 23.7 Å². The maximum atomic E-state index is 13.0. The molecule has 27 heavy (non-hydrogen) atoms. The molecule has 3 fully saturated rings. The summed E-state index contributed by atoms with van der Waals surface area (Å²) in [6.07, 6.45) is 7.62. The minimum atomic E-state index is -0.187. The second-order valence-corrected chi connectivity index (χ2v) is 8.88. The lowest BCUT2D eigenvalue weighted by Gasteiger charge is -2.44. The number of fused-ring (bicyclic) bond motifs is 2. The largest absolute Gasteiger partial charge is 0.353 e. The van der Waals surface area contributed by atoms with Gasteiger partial charge in [-0.1, -0.05) is 18.6 Å². The van der Waals surface area contributed by atoms with Crippen molar-refractivity contribution in [2.45, 2.75) is 63.6 Å². The van der Waals surface area contributed by atoms with Gasteiger partial charge in [-0.3, -0.25) is 9.69 Å². The molecule has 5 heteroatoms. The van der Waals surface area contributed by atoms with Crippen LogP contribution >= 0.6 is 0 Å². The summed E-state index contributed by atoms with van der Waals surface area (Å²) in [6.45, 7) is 2.80. The maximum Gasteiger partial charge on any atom is 0.223 e. The molecule has 1 aromatic rings. The number of carbonyl (C=O) groups excluding carboxylic acids is 1. The maximum absolute atomic E-state index is 13.0. The van der Waals surface area contributed by atoms with Gasteiger partial charge in [0.2, 0.25) is 5.91 Å². The molecule has 1 aliphatic heterocycles. The molecule has 0 spiro atoms. The van der Waals surface area contributed by atoms with Gasteiger partial charge in [-0.15, -0.1) is 0 Å². The fraction of sp³-hybridized carbons (Fsp3) is 0.682. The van der Waals surface area contributed by atoms with Crippen LogP contribution in [0.4, 0.5) is 4.39 Å². The van der Waals surface area contributed by atoms with Gasteiger partial charge in [0.1, 0.15) is 5.82 Å². The van der Waals surface area contributed by atoms with Crippen molar-refractivity contribution in [2.24, 2.45) is 23.5 Å². The van der Waals surface area contributed by atoms with Gasteiger partial charge in [0, 0.05) is 37.6 Å². The predicted octanol–water partition coefficient (Wildman–Crippen LogP) is 3.06. The van der Waals surface area contributed by atoms with Gasteiger partial charge >= 0.3 is 0 Å². The van der Waals surface area contributed by atoms with E-state index in [1.807, 2.05) is 12.1 Å². The van der Waals surface area contributed by atoms with Crippen LogP contribution in [0.3, 0.4) is 0 Å². The Kier molecular flexibility index (Phi) is 5.79. The molecular formula is C22H32FN3O. The molecule has 4 rings (SSSR count). The van der Waals surface area contributed by atoms with Crippen molar-refractivity contribution in [3.63, 3.8) is 0 Å². The first kappa shape index (κ1) is 18.9. The third-order valence-corrected chi connectivity index (χ3v) is 7.04. The first-order chi connectivity index (χ1) is 13.1. The monoisotopic (exact) mass is 373 g/mol. The fourth-order valence-electron chi connectivity index (χ4n) is 5.41. The summed E-state index contributed by atoms with van der Waals surface area (Å²) in [5.74, 6) is 1.33. The van der Waals surface area contributed by atoms with Crippen LogP contribution in [-0.4, -0.2) is 36.0 Å². The molecule has 2 atom stereocenters. The van der Waals surface area contributed by atoms with Gasteiger partial charge in [0.15, 0.2) is 0 Å². The number of likely N-dealkylation sites (tertiary alicyclic amines) is 1. The third kappa shape index (κ3) is 4.52. The molecule has 1 amide bonds. The minimum absolute atomic E-state index is 0.164. The van der Waals surface area contributed by atoms with Crippen molar-refractivity contribution in [1.82, 2.24) is 10.2 Å². The molecule has 2 aliphatic carbocycles. The number of halogens is 1. The lowest BCUT2D eigenvalue weighted by molar-refractivity contribution is -0.129. The number of piperidine rings is 1. The number of hydrogen-bond donors (Lipinski definition) is 2. The molecule has 1 saturated heterocycles. The van der Waals surface area contributed by atoms with Gasteiger partial charge in [0.25, 0.3) is 0 Å². The zero-order valence-corrected chi connectivity index (χ0v) is 16.1. The first-order valence-electron chi connectivity index (χ1n) is 10.6. The van der Waals surface area contributed by atoms with Crippen molar-refractivity contribution >= 4 is 5.91 Å². The van der Waals surface area contributed by atoms with Crippen molar-refractivity contribution in [2.75, 3.05) is 13.1 Å². The fourth-order valence-corrected chi connectivity index (χ4v) is 5.41. The molecule has 1 heterocycles. The normalized spacial score (nSPS) is 32.2. The second-order valence-electron chi connectivity index (χ2n) is 8.88. The highest BCUT2D eigenvalue weighted by Gasteiger charge is 2.40. The van der Waals surface area contributed by atoms with Crippen LogP contribution in [0.1, 0.15) is 50.5 Å². The highest BCUT2D eigenvalue weighted by atomic mass is 19.1. The zero-order chi connectivity index (χ0) is 18.8. The lowest BCUT2D eigenvalue weighted by atomic mass is 9.65. The summed E-state index contributed by atoms with van der Waals surface area (Å²) in [7, 11) is 0. The van der Waals surface area contributed by atoms with Crippen LogP contribution in [0.2, 0.25) is 0 Å². The number of nitrogens with one attached hydrogen (secondary N) is 1. The number of hydrogen-bond acceptors (Lipinski definition) is 3. The van der Waals surface area contributed by atoms with Gasteiger partial charge in [-0.25, -0.2) is 4.39 Å². The van der Waals surface area contributed by atoms with E-state index in [0.717, 1.165) is 50.9 Å². The van der Waals surface area contributed by atoms with E-state index in [1.165, 1.54) is 31.4 Å². The Morgan fingerprint density at radius 1 is 1.07 bits per heavy atom. The van der Waals surface area contributed by atoms with Crippen LogP contribution < -0.4 is 11.1 Å². The van der Waals surface area contributed by atoms with E-state index in [9.17, 15) is 9.18 Å². The van der Waals surface area contributed by atoms with E-state index in [0.29, 0.717) is 17.9 Å². The molecule has 3 N–H and O–H groups in total. The van der Waals surface area contributed by atoms with Crippen molar-refractivity contribution < 1.29 is 9.18 Å². The van der Waals surface area contributed by atoms with Gasteiger partial charge in [-0.2, -0.15) is 0 Å². The first-order valence-corrected chi connectivity index (χ1v) is 10.6. The van der Waals surface area contributed by atoms with E-state index in [2.05, 4.69) is 10.2 Å². The average Bonchev–Trinajstić information content (AvgIpc) is 2.65. The Morgan fingerprint density at radius 2 is 1.70 bits per heavy atom. The van der Waals surface area contributed by atoms with Crippen LogP contribution in [0.5, 0.6) is 0 Å². The Hall–Kier alpha value is -1.46. The molecule has 2 bridgehead atoms.